The highest BCUT2D eigenvalue weighted by Gasteiger charge is 2.15. The van der Waals surface area contributed by atoms with Gasteiger partial charge >= 0.3 is 0 Å². The Morgan fingerprint density at radius 2 is 1.72 bits per heavy atom. The van der Waals surface area contributed by atoms with E-state index in [0.29, 0.717) is 0 Å². The summed E-state index contributed by atoms with van der Waals surface area (Å²) in [5.74, 6) is -0.242. The molecule has 1 aromatic heterocycles. The number of rotatable bonds is 3. The summed E-state index contributed by atoms with van der Waals surface area (Å²) in [4.78, 5) is 0. The standard InChI is InChI=1S/C19H18FN3O.ClH/c20-16-7-5-14(6-8-16)18-11-17(22-23-18)13-1-3-15(4-2-13)19-12-21-9-10-24-19;/h1-8,11,19,21H,9-10,12H2,(H,22,23);1H/t19-;/m1./s1. The predicted octanol–water partition coefficient (Wildman–Crippen LogP) is 3.97. The first-order chi connectivity index (χ1) is 11.8. The molecule has 0 spiro atoms. The van der Waals surface area contributed by atoms with Crippen LogP contribution in [0.5, 0.6) is 0 Å². The molecule has 1 aliphatic rings. The lowest BCUT2D eigenvalue weighted by Crippen LogP contribution is -2.33. The van der Waals surface area contributed by atoms with Crippen molar-refractivity contribution in [2.45, 2.75) is 6.10 Å². The summed E-state index contributed by atoms with van der Waals surface area (Å²) in [6, 6.07) is 16.6. The van der Waals surface area contributed by atoms with Crippen molar-refractivity contribution in [1.29, 1.82) is 0 Å². The highest BCUT2D eigenvalue weighted by molar-refractivity contribution is 5.85. The van der Waals surface area contributed by atoms with Crippen LogP contribution in [0.15, 0.2) is 54.6 Å². The molecule has 4 nitrogen and oxygen atoms in total. The van der Waals surface area contributed by atoms with Crippen molar-refractivity contribution in [3.8, 4) is 22.5 Å². The minimum atomic E-state index is -0.242. The van der Waals surface area contributed by atoms with Crippen LogP contribution in [0.2, 0.25) is 0 Å². The summed E-state index contributed by atoms with van der Waals surface area (Å²) >= 11 is 0. The quantitative estimate of drug-likeness (QED) is 0.744. The summed E-state index contributed by atoms with van der Waals surface area (Å²) < 4.78 is 18.8. The zero-order valence-electron chi connectivity index (χ0n) is 13.5. The van der Waals surface area contributed by atoms with Crippen LogP contribution in [0.3, 0.4) is 0 Å². The predicted molar refractivity (Wildman–Crippen MR) is 98.2 cm³/mol. The molecule has 1 aliphatic heterocycles. The van der Waals surface area contributed by atoms with Gasteiger partial charge in [0.25, 0.3) is 0 Å². The Hall–Kier alpha value is -2.21. The number of benzene rings is 2. The summed E-state index contributed by atoms with van der Waals surface area (Å²) in [7, 11) is 0. The van der Waals surface area contributed by atoms with E-state index in [1.165, 1.54) is 17.7 Å². The van der Waals surface area contributed by atoms with Gasteiger partial charge in [0.05, 0.1) is 24.1 Å². The third-order valence-electron chi connectivity index (χ3n) is 4.24. The zero-order valence-corrected chi connectivity index (χ0v) is 14.4. The van der Waals surface area contributed by atoms with Crippen molar-refractivity contribution >= 4 is 12.4 Å². The second-order valence-electron chi connectivity index (χ2n) is 5.86. The van der Waals surface area contributed by atoms with Gasteiger partial charge in [0, 0.05) is 18.7 Å². The van der Waals surface area contributed by atoms with Crippen LogP contribution in [0, 0.1) is 5.82 Å². The van der Waals surface area contributed by atoms with E-state index in [9.17, 15) is 4.39 Å². The van der Waals surface area contributed by atoms with Gasteiger partial charge in [-0.2, -0.15) is 5.10 Å². The largest absolute Gasteiger partial charge is 0.371 e. The number of nitrogens with one attached hydrogen (secondary N) is 2. The lowest BCUT2D eigenvalue weighted by Gasteiger charge is -2.24. The summed E-state index contributed by atoms with van der Waals surface area (Å²) in [6.07, 6.45) is 0.113. The monoisotopic (exact) mass is 359 g/mol. The van der Waals surface area contributed by atoms with E-state index in [-0.39, 0.29) is 24.3 Å². The topological polar surface area (TPSA) is 49.9 Å². The molecule has 1 fully saturated rings. The van der Waals surface area contributed by atoms with E-state index in [4.69, 9.17) is 4.74 Å². The number of hydrogen-bond donors (Lipinski definition) is 2. The van der Waals surface area contributed by atoms with Crippen LogP contribution in [0.25, 0.3) is 22.5 Å². The molecule has 0 unspecified atom stereocenters. The number of morpholine rings is 1. The molecule has 6 heteroatoms. The van der Waals surface area contributed by atoms with Crippen LogP contribution < -0.4 is 5.32 Å². The fourth-order valence-electron chi connectivity index (χ4n) is 2.89. The number of nitrogens with zero attached hydrogens (tertiary/aromatic N) is 1. The van der Waals surface area contributed by atoms with Gasteiger partial charge in [-0.15, -0.1) is 12.4 Å². The number of halogens is 2. The van der Waals surface area contributed by atoms with Gasteiger partial charge in [0.2, 0.25) is 0 Å². The summed E-state index contributed by atoms with van der Waals surface area (Å²) in [6.45, 7) is 2.50. The Labute approximate surface area is 151 Å². The Kier molecular flexibility index (Phi) is 5.48. The maximum atomic E-state index is 13.0. The molecular weight excluding hydrogens is 341 g/mol. The first-order valence-electron chi connectivity index (χ1n) is 8.03. The van der Waals surface area contributed by atoms with Crippen LogP contribution in [-0.4, -0.2) is 29.9 Å². The molecule has 1 saturated heterocycles. The molecular formula is C19H19ClFN3O. The average molecular weight is 360 g/mol. The normalized spacial score (nSPS) is 17.1. The molecule has 130 valence electrons. The average Bonchev–Trinajstić information content (AvgIpc) is 3.13. The SMILES string of the molecule is Cl.Fc1ccc(-c2cc(-c3ccc([C@H]4CNCCO4)cc3)n[nH]2)cc1. The molecule has 2 N–H and O–H groups in total. The number of hydrogen-bond acceptors (Lipinski definition) is 3. The first kappa shape index (κ1) is 17.6. The Bertz CT molecular complexity index is 811. The highest BCUT2D eigenvalue weighted by Crippen LogP contribution is 2.26. The van der Waals surface area contributed by atoms with Gasteiger partial charge in [-0.1, -0.05) is 24.3 Å². The summed E-state index contributed by atoms with van der Waals surface area (Å²) in [5.41, 5.74) is 4.85. The molecule has 0 aliphatic carbocycles. The minimum absolute atomic E-state index is 0. The van der Waals surface area contributed by atoms with Gasteiger partial charge in [-0.25, -0.2) is 4.39 Å². The number of H-pyrrole nitrogens is 1. The van der Waals surface area contributed by atoms with Crippen LogP contribution in [0.4, 0.5) is 4.39 Å². The van der Waals surface area contributed by atoms with E-state index >= 15 is 0 Å². The van der Waals surface area contributed by atoms with Gasteiger partial charge < -0.3 is 10.1 Å². The fraction of sp³-hybridized carbons (Fsp3) is 0.211. The number of ether oxygens (including phenoxy) is 1. The van der Waals surface area contributed by atoms with Crippen molar-refractivity contribution in [2.24, 2.45) is 0 Å². The van der Waals surface area contributed by atoms with Gasteiger partial charge in [0.1, 0.15) is 5.82 Å². The maximum absolute atomic E-state index is 13.0. The van der Waals surface area contributed by atoms with Gasteiger partial charge in [-0.3, -0.25) is 5.10 Å². The van der Waals surface area contributed by atoms with Crippen LogP contribution >= 0.6 is 12.4 Å². The smallest absolute Gasteiger partial charge is 0.123 e. The molecule has 25 heavy (non-hydrogen) atoms. The zero-order chi connectivity index (χ0) is 16.4. The Morgan fingerprint density at radius 1 is 1.00 bits per heavy atom. The van der Waals surface area contributed by atoms with Crippen molar-refractivity contribution in [2.75, 3.05) is 19.7 Å². The first-order valence-corrected chi connectivity index (χ1v) is 8.03. The summed E-state index contributed by atoms with van der Waals surface area (Å²) in [5, 5.41) is 10.7. The second kappa shape index (κ2) is 7.78. The Morgan fingerprint density at radius 3 is 2.40 bits per heavy atom. The molecule has 2 heterocycles. The molecule has 3 aromatic rings. The fourth-order valence-corrected chi connectivity index (χ4v) is 2.89. The van der Waals surface area contributed by atoms with E-state index in [1.54, 1.807) is 12.1 Å². The van der Waals surface area contributed by atoms with Crippen molar-refractivity contribution in [3.05, 3.63) is 66.0 Å². The van der Waals surface area contributed by atoms with Crippen LogP contribution in [0.1, 0.15) is 11.7 Å². The number of aromatic nitrogens is 2. The molecule has 1 atom stereocenters. The lowest BCUT2D eigenvalue weighted by molar-refractivity contribution is 0.0277. The van der Waals surface area contributed by atoms with Gasteiger partial charge in [-0.05, 0) is 41.5 Å². The third kappa shape index (κ3) is 3.90. The molecule has 4 rings (SSSR count). The lowest BCUT2D eigenvalue weighted by atomic mass is 10.0. The molecule has 0 radical (unpaired) electrons. The van der Waals surface area contributed by atoms with Gasteiger partial charge in [0.15, 0.2) is 0 Å². The molecule has 0 amide bonds. The Balaban J connectivity index is 0.00000182. The van der Waals surface area contributed by atoms with E-state index in [2.05, 4.69) is 39.8 Å². The van der Waals surface area contributed by atoms with E-state index in [1.807, 2.05) is 6.07 Å². The minimum Gasteiger partial charge on any atom is -0.371 e. The molecule has 0 saturated carbocycles. The molecule has 2 aromatic carbocycles. The van der Waals surface area contributed by atoms with E-state index in [0.717, 1.165) is 42.2 Å². The van der Waals surface area contributed by atoms with Crippen molar-refractivity contribution < 1.29 is 9.13 Å². The van der Waals surface area contributed by atoms with E-state index < -0.39 is 0 Å². The van der Waals surface area contributed by atoms with Crippen molar-refractivity contribution in [1.82, 2.24) is 15.5 Å². The van der Waals surface area contributed by atoms with Crippen LogP contribution in [-0.2, 0) is 4.74 Å². The highest BCUT2D eigenvalue weighted by atomic mass is 35.5. The number of aromatic amines is 1. The third-order valence-corrected chi connectivity index (χ3v) is 4.24. The molecule has 0 bridgehead atoms. The van der Waals surface area contributed by atoms with Crippen molar-refractivity contribution in [3.63, 3.8) is 0 Å². The maximum Gasteiger partial charge on any atom is 0.123 e. The second-order valence-corrected chi connectivity index (χ2v) is 5.86.